The molecule has 2 aromatic heterocycles. The van der Waals surface area contributed by atoms with E-state index in [2.05, 4.69) is 15.6 Å². The fourth-order valence-corrected chi connectivity index (χ4v) is 2.62. The molecule has 0 fully saturated rings. The van der Waals surface area contributed by atoms with Crippen molar-refractivity contribution in [2.75, 3.05) is 11.9 Å². The van der Waals surface area contributed by atoms with Crippen LogP contribution < -0.4 is 10.6 Å². The number of pyridine rings is 1. The third kappa shape index (κ3) is 3.79. The zero-order valence-electron chi connectivity index (χ0n) is 14.8. The number of fused-ring (bicyclic) bond motifs is 1. The summed E-state index contributed by atoms with van der Waals surface area (Å²) < 4.78 is 28.8. The van der Waals surface area contributed by atoms with Gasteiger partial charge in [-0.15, -0.1) is 0 Å². The first kappa shape index (κ1) is 18.5. The van der Waals surface area contributed by atoms with Crippen LogP contribution in [0.25, 0.3) is 5.65 Å². The van der Waals surface area contributed by atoms with Crippen LogP contribution in [0.5, 0.6) is 0 Å². The summed E-state index contributed by atoms with van der Waals surface area (Å²) >= 11 is 0. The Morgan fingerprint density at radius 2 is 1.93 bits per heavy atom. The van der Waals surface area contributed by atoms with E-state index in [9.17, 15) is 18.4 Å². The second kappa shape index (κ2) is 7.53. The number of hydrogen-bond acceptors (Lipinski definition) is 3. The summed E-state index contributed by atoms with van der Waals surface area (Å²) in [5.41, 5.74) is 0.978. The van der Waals surface area contributed by atoms with Crippen LogP contribution in [0.1, 0.15) is 39.8 Å². The van der Waals surface area contributed by atoms with E-state index in [4.69, 9.17) is 0 Å². The Morgan fingerprint density at radius 3 is 2.67 bits per heavy atom. The predicted molar refractivity (Wildman–Crippen MR) is 96.9 cm³/mol. The molecular formula is C19H18F2N4O2. The van der Waals surface area contributed by atoms with E-state index >= 15 is 0 Å². The molecular weight excluding hydrogens is 354 g/mol. The van der Waals surface area contributed by atoms with E-state index in [0.717, 1.165) is 30.2 Å². The summed E-state index contributed by atoms with van der Waals surface area (Å²) in [5.74, 6) is -2.96. The molecule has 0 aliphatic heterocycles. The molecule has 0 saturated carbocycles. The topological polar surface area (TPSA) is 75.5 Å². The maximum atomic E-state index is 13.9. The number of amides is 2. The lowest BCUT2D eigenvalue weighted by molar-refractivity contribution is 0.0948. The van der Waals surface area contributed by atoms with Crippen LogP contribution in [-0.2, 0) is 0 Å². The highest BCUT2D eigenvalue weighted by Crippen LogP contribution is 2.20. The summed E-state index contributed by atoms with van der Waals surface area (Å²) in [4.78, 5) is 29.3. The largest absolute Gasteiger partial charge is 0.351 e. The van der Waals surface area contributed by atoms with Crippen molar-refractivity contribution >= 4 is 23.3 Å². The highest BCUT2D eigenvalue weighted by Gasteiger charge is 2.22. The quantitative estimate of drug-likeness (QED) is 0.721. The number of imidazole rings is 1. The Balaban J connectivity index is 2.03. The van der Waals surface area contributed by atoms with Crippen LogP contribution in [0.4, 0.5) is 14.6 Å². The van der Waals surface area contributed by atoms with Crippen LogP contribution in [-0.4, -0.2) is 27.7 Å². The minimum Gasteiger partial charge on any atom is -0.351 e. The van der Waals surface area contributed by atoms with Gasteiger partial charge >= 0.3 is 0 Å². The van der Waals surface area contributed by atoms with Crippen molar-refractivity contribution in [1.82, 2.24) is 14.7 Å². The lowest BCUT2D eigenvalue weighted by Crippen LogP contribution is -2.27. The molecule has 0 saturated heterocycles. The van der Waals surface area contributed by atoms with Gasteiger partial charge < -0.3 is 10.6 Å². The number of benzene rings is 1. The van der Waals surface area contributed by atoms with Crippen molar-refractivity contribution in [3.8, 4) is 0 Å². The number of aryl methyl sites for hydroxylation is 1. The molecule has 3 aromatic rings. The van der Waals surface area contributed by atoms with E-state index in [1.165, 1.54) is 0 Å². The SMILES string of the molecule is CCCNC(=O)c1c(NC(=O)c2cc(F)ccc2F)nc2ccc(C)cn12. The standard InChI is InChI=1S/C19H18F2N4O2/c1-3-8-22-19(27)16-17(23-15-7-4-11(2)10-25(15)16)24-18(26)13-9-12(20)5-6-14(13)21/h4-7,9-10H,3,8H2,1-2H3,(H,22,27)(H,24,26). The van der Waals surface area contributed by atoms with Crippen molar-refractivity contribution in [3.63, 3.8) is 0 Å². The highest BCUT2D eigenvalue weighted by molar-refractivity contribution is 6.08. The Morgan fingerprint density at radius 1 is 1.15 bits per heavy atom. The van der Waals surface area contributed by atoms with E-state index in [1.807, 2.05) is 19.9 Å². The molecule has 1 aromatic carbocycles. The van der Waals surface area contributed by atoms with Gasteiger partial charge in [0.25, 0.3) is 11.8 Å². The lowest BCUT2D eigenvalue weighted by Gasteiger charge is -2.08. The molecule has 2 amide bonds. The fourth-order valence-electron chi connectivity index (χ4n) is 2.62. The van der Waals surface area contributed by atoms with Gasteiger partial charge in [-0.05, 0) is 43.2 Å². The first-order chi connectivity index (χ1) is 12.9. The smallest absolute Gasteiger partial charge is 0.272 e. The van der Waals surface area contributed by atoms with E-state index in [-0.39, 0.29) is 11.5 Å². The van der Waals surface area contributed by atoms with E-state index < -0.39 is 29.0 Å². The van der Waals surface area contributed by atoms with Crippen LogP contribution in [0.3, 0.4) is 0 Å². The number of rotatable bonds is 5. The number of carbonyl (C=O) groups is 2. The van der Waals surface area contributed by atoms with Crippen LogP contribution >= 0.6 is 0 Å². The van der Waals surface area contributed by atoms with Gasteiger partial charge in [-0.2, -0.15) is 0 Å². The number of hydrogen-bond donors (Lipinski definition) is 2. The van der Waals surface area contributed by atoms with Crippen molar-refractivity contribution < 1.29 is 18.4 Å². The number of nitrogens with one attached hydrogen (secondary N) is 2. The average Bonchev–Trinajstić information content (AvgIpc) is 2.98. The summed E-state index contributed by atoms with van der Waals surface area (Å²) in [6.45, 7) is 4.21. The minimum absolute atomic E-state index is 0.0251. The highest BCUT2D eigenvalue weighted by atomic mass is 19.1. The summed E-state index contributed by atoms with van der Waals surface area (Å²) in [5, 5.41) is 5.16. The molecule has 0 aliphatic carbocycles. The van der Waals surface area contributed by atoms with Gasteiger partial charge in [-0.1, -0.05) is 13.0 Å². The number of anilines is 1. The number of nitrogens with zero attached hydrogens (tertiary/aromatic N) is 2. The zero-order valence-corrected chi connectivity index (χ0v) is 14.8. The molecule has 0 atom stereocenters. The van der Waals surface area contributed by atoms with Gasteiger partial charge in [-0.25, -0.2) is 13.8 Å². The Labute approximate surface area is 154 Å². The molecule has 2 heterocycles. The van der Waals surface area contributed by atoms with E-state index in [1.54, 1.807) is 16.7 Å². The number of carbonyl (C=O) groups excluding carboxylic acids is 2. The first-order valence-corrected chi connectivity index (χ1v) is 8.44. The van der Waals surface area contributed by atoms with Gasteiger partial charge in [0.05, 0.1) is 5.56 Å². The zero-order chi connectivity index (χ0) is 19.6. The molecule has 0 aliphatic rings. The second-order valence-corrected chi connectivity index (χ2v) is 6.08. The summed E-state index contributed by atoms with van der Waals surface area (Å²) in [7, 11) is 0. The first-order valence-electron chi connectivity index (χ1n) is 8.44. The second-order valence-electron chi connectivity index (χ2n) is 6.08. The van der Waals surface area contributed by atoms with Crippen molar-refractivity contribution in [2.45, 2.75) is 20.3 Å². The Kier molecular flexibility index (Phi) is 5.16. The Hall–Kier alpha value is -3.29. The molecule has 140 valence electrons. The third-order valence-corrected chi connectivity index (χ3v) is 3.92. The summed E-state index contributed by atoms with van der Waals surface area (Å²) in [6.07, 6.45) is 2.44. The molecule has 0 spiro atoms. The molecule has 0 radical (unpaired) electrons. The van der Waals surface area contributed by atoms with Gasteiger partial charge in [-0.3, -0.25) is 14.0 Å². The van der Waals surface area contributed by atoms with Crippen molar-refractivity contribution in [3.05, 3.63) is 65.0 Å². The molecule has 3 rings (SSSR count). The summed E-state index contributed by atoms with van der Waals surface area (Å²) in [6, 6.07) is 6.09. The van der Waals surface area contributed by atoms with Gasteiger partial charge in [0, 0.05) is 12.7 Å². The predicted octanol–water partition coefficient (Wildman–Crippen LogP) is 3.31. The molecule has 27 heavy (non-hydrogen) atoms. The molecule has 0 bridgehead atoms. The van der Waals surface area contributed by atoms with Crippen LogP contribution in [0.2, 0.25) is 0 Å². The van der Waals surface area contributed by atoms with Crippen LogP contribution in [0.15, 0.2) is 36.5 Å². The maximum Gasteiger partial charge on any atom is 0.272 e. The van der Waals surface area contributed by atoms with Crippen LogP contribution in [0, 0.1) is 18.6 Å². The Bertz CT molecular complexity index is 1030. The molecule has 0 unspecified atom stereocenters. The van der Waals surface area contributed by atoms with Crippen molar-refractivity contribution in [2.24, 2.45) is 0 Å². The number of halogens is 2. The lowest BCUT2D eigenvalue weighted by atomic mass is 10.2. The fraction of sp³-hybridized carbons (Fsp3) is 0.211. The van der Waals surface area contributed by atoms with Gasteiger partial charge in [0.1, 0.15) is 17.3 Å². The third-order valence-electron chi connectivity index (χ3n) is 3.92. The van der Waals surface area contributed by atoms with Gasteiger partial charge in [0.2, 0.25) is 0 Å². The van der Waals surface area contributed by atoms with E-state index in [0.29, 0.717) is 12.2 Å². The average molecular weight is 372 g/mol. The monoisotopic (exact) mass is 372 g/mol. The number of aromatic nitrogens is 2. The normalized spacial score (nSPS) is 10.8. The van der Waals surface area contributed by atoms with Gasteiger partial charge in [0.15, 0.2) is 11.5 Å². The molecule has 2 N–H and O–H groups in total. The minimum atomic E-state index is -0.892. The molecule has 6 nitrogen and oxygen atoms in total. The maximum absolute atomic E-state index is 13.9. The van der Waals surface area contributed by atoms with Crippen molar-refractivity contribution in [1.29, 1.82) is 0 Å². The molecule has 8 heteroatoms.